The Hall–Kier alpha value is -3.53. The van der Waals surface area contributed by atoms with Gasteiger partial charge in [0.05, 0.1) is 32.1 Å². The zero-order chi connectivity index (χ0) is 37.8. The van der Waals surface area contributed by atoms with Crippen molar-refractivity contribution in [1.82, 2.24) is 0 Å². The van der Waals surface area contributed by atoms with Crippen LogP contribution in [0.4, 0.5) is 22.0 Å². The van der Waals surface area contributed by atoms with Gasteiger partial charge in [0.1, 0.15) is 11.6 Å². The van der Waals surface area contributed by atoms with Crippen molar-refractivity contribution < 1.29 is 46.1 Å². The number of hydrogen-bond donors (Lipinski definition) is 1. The molecule has 2 fully saturated rings. The van der Waals surface area contributed by atoms with Gasteiger partial charge in [0.2, 0.25) is 0 Å². The van der Waals surface area contributed by atoms with Crippen LogP contribution >= 0.6 is 0 Å². The molecule has 2 aromatic carbocycles. The van der Waals surface area contributed by atoms with Crippen LogP contribution in [0.1, 0.15) is 107 Å². The van der Waals surface area contributed by atoms with Gasteiger partial charge in [0.15, 0.2) is 11.6 Å². The van der Waals surface area contributed by atoms with Crippen LogP contribution in [-0.4, -0.2) is 43.5 Å². The van der Waals surface area contributed by atoms with Gasteiger partial charge in [-0.3, -0.25) is 4.39 Å². The minimum absolute atomic E-state index is 0.00895. The summed E-state index contributed by atoms with van der Waals surface area (Å²) >= 11 is 0. The molecule has 2 saturated carbocycles. The average Bonchev–Trinajstić information content (AvgIpc) is 3.13. The fraction of sp³-hybridized carbons (Fsp3) is 0.571. The van der Waals surface area contributed by atoms with E-state index in [9.17, 15) is 22.8 Å². The third-order valence-electron chi connectivity index (χ3n) is 11.2. The number of hydrogen-bond acceptors (Lipinski definition) is 5. The van der Waals surface area contributed by atoms with Gasteiger partial charge in [0.25, 0.3) is 0 Å². The number of benzene rings is 2. The summed E-state index contributed by atoms with van der Waals surface area (Å²) in [6.07, 6.45) is 10.0. The van der Waals surface area contributed by atoms with Crippen LogP contribution in [0.2, 0.25) is 0 Å². The normalized spacial score (nSPS) is 21.0. The third-order valence-corrected chi connectivity index (χ3v) is 11.2. The second-order valence-electron chi connectivity index (χ2n) is 14.7. The lowest BCUT2D eigenvalue weighted by Crippen LogP contribution is -2.29. The van der Waals surface area contributed by atoms with E-state index < -0.39 is 48.5 Å². The standard InChI is InChI=1S/C42H53F5O5/c1-26(2)41(49)51-21-6-8-28(19-22-52-42(50)27(3)25-48)29-9-11-30(12-10-29)31-13-15-32(16-14-31)38-36(44)23-34(24-37(38)45)35-18-17-33(7-4-5-20-43)39(46)40(35)47/h17-18,23-24,28-32,48H,1,3-16,19-22,25H2,2H3. The number of ether oxygens (including phenoxy) is 2. The van der Waals surface area contributed by atoms with Crippen LogP contribution in [0.15, 0.2) is 48.6 Å². The van der Waals surface area contributed by atoms with Crippen LogP contribution in [-0.2, 0) is 25.5 Å². The number of alkyl halides is 1. The summed E-state index contributed by atoms with van der Waals surface area (Å²) in [5, 5.41) is 9.16. The molecule has 2 aliphatic carbocycles. The smallest absolute Gasteiger partial charge is 0.335 e. The fourth-order valence-electron chi connectivity index (χ4n) is 8.23. The predicted octanol–water partition coefficient (Wildman–Crippen LogP) is 10.3. The maximum Gasteiger partial charge on any atom is 0.335 e. The second kappa shape index (κ2) is 20.1. The Morgan fingerprint density at radius 1 is 0.808 bits per heavy atom. The topological polar surface area (TPSA) is 72.8 Å². The first-order valence-electron chi connectivity index (χ1n) is 18.8. The van der Waals surface area contributed by atoms with Crippen molar-refractivity contribution in [2.45, 2.75) is 103 Å². The van der Waals surface area contributed by atoms with E-state index in [1.54, 1.807) is 6.92 Å². The molecule has 0 spiro atoms. The number of aryl methyl sites for hydroxylation is 1. The summed E-state index contributed by atoms with van der Waals surface area (Å²) in [6.45, 7) is 8.25. The van der Waals surface area contributed by atoms with E-state index in [1.165, 1.54) is 12.1 Å². The minimum atomic E-state index is -1.16. The fourth-order valence-corrected chi connectivity index (χ4v) is 8.23. The number of rotatable bonds is 18. The molecular formula is C42H53F5O5. The lowest BCUT2D eigenvalue weighted by Gasteiger charge is -2.40. The number of carbonyl (C=O) groups is 2. The SMILES string of the molecule is C=C(C)C(=O)OCCCC(CCOC(=O)C(=C)CO)C1CCC(C2CCC(c3c(F)cc(-c4ccc(CCCCF)c(F)c4F)cc3F)CC2)CC1. The first kappa shape index (κ1) is 41.2. The predicted molar refractivity (Wildman–Crippen MR) is 191 cm³/mol. The molecule has 1 atom stereocenters. The number of carbonyl (C=O) groups excluding carboxylic acids is 2. The van der Waals surface area contributed by atoms with E-state index in [0.29, 0.717) is 55.4 Å². The van der Waals surface area contributed by atoms with E-state index >= 15 is 8.78 Å². The highest BCUT2D eigenvalue weighted by Gasteiger charge is 2.35. The molecule has 10 heteroatoms. The van der Waals surface area contributed by atoms with Crippen molar-refractivity contribution in [3.8, 4) is 11.1 Å². The molecule has 0 saturated heterocycles. The molecule has 0 heterocycles. The lowest BCUT2D eigenvalue weighted by atomic mass is 9.66. The van der Waals surface area contributed by atoms with E-state index in [-0.39, 0.29) is 65.7 Å². The first-order valence-corrected chi connectivity index (χ1v) is 18.8. The van der Waals surface area contributed by atoms with Crippen molar-refractivity contribution in [1.29, 1.82) is 0 Å². The molecular weight excluding hydrogens is 679 g/mol. The summed E-state index contributed by atoms with van der Waals surface area (Å²) < 4.78 is 83.7. The van der Waals surface area contributed by atoms with Gasteiger partial charge >= 0.3 is 11.9 Å². The number of unbranched alkanes of at least 4 members (excludes halogenated alkanes) is 1. The number of esters is 2. The molecule has 0 amide bonds. The highest BCUT2D eigenvalue weighted by molar-refractivity contribution is 5.88. The van der Waals surface area contributed by atoms with Crippen LogP contribution in [0.5, 0.6) is 0 Å². The van der Waals surface area contributed by atoms with Gasteiger partial charge in [-0.25, -0.2) is 27.2 Å². The minimum Gasteiger partial charge on any atom is -0.462 e. The van der Waals surface area contributed by atoms with Crippen molar-refractivity contribution in [3.63, 3.8) is 0 Å². The Labute approximate surface area is 304 Å². The van der Waals surface area contributed by atoms with Crippen LogP contribution in [0, 0.1) is 46.9 Å². The van der Waals surface area contributed by atoms with Crippen LogP contribution in [0.3, 0.4) is 0 Å². The molecule has 0 aliphatic heterocycles. The summed E-state index contributed by atoms with van der Waals surface area (Å²) in [5.74, 6) is -3.42. The zero-order valence-electron chi connectivity index (χ0n) is 30.3. The Morgan fingerprint density at radius 2 is 1.42 bits per heavy atom. The van der Waals surface area contributed by atoms with Gasteiger partial charge in [-0.1, -0.05) is 25.3 Å². The molecule has 1 unspecified atom stereocenters. The molecule has 0 bridgehead atoms. The quantitative estimate of drug-likeness (QED) is 0.0715. The van der Waals surface area contributed by atoms with Crippen molar-refractivity contribution in [2.24, 2.45) is 23.7 Å². The van der Waals surface area contributed by atoms with E-state index in [2.05, 4.69) is 13.2 Å². The van der Waals surface area contributed by atoms with E-state index in [0.717, 1.165) is 57.1 Å². The molecule has 5 nitrogen and oxygen atoms in total. The largest absolute Gasteiger partial charge is 0.462 e. The molecule has 52 heavy (non-hydrogen) atoms. The van der Waals surface area contributed by atoms with E-state index in [1.807, 2.05) is 0 Å². The highest BCUT2D eigenvalue weighted by Crippen LogP contribution is 2.47. The van der Waals surface area contributed by atoms with Crippen molar-refractivity contribution in [3.05, 3.63) is 83.0 Å². The Morgan fingerprint density at radius 3 is 2.02 bits per heavy atom. The van der Waals surface area contributed by atoms with Gasteiger partial charge < -0.3 is 14.6 Å². The maximum absolute atomic E-state index is 15.5. The van der Waals surface area contributed by atoms with Crippen LogP contribution < -0.4 is 0 Å². The monoisotopic (exact) mass is 732 g/mol. The summed E-state index contributed by atoms with van der Waals surface area (Å²) in [5.41, 5.74) is 0.213. The van der Waals surface area contributed by atoms with Gasteiger partial charge in [-0.05, 0) is 150 Å². The molecule has 0 aromatic heterocycles. The molecule has 4 rings (SSSR count). The average molecular weight is 733 g/mol. The maximum atomic E-state index is 15.5. The Kier molecular flexibility index (Phi) is 15.9. The van der Waals surface area contributed by atoms with E-state index in [4.69, 9.17) is 14.6 Å². The number of halogens is 5. The Balaban J connectivity index is 1.31. The highest BCUT2D eigenvalue weighted by atomic mass is 19.2. The van der Waals surface area contributed by atoms with Crippen molar-refractivity contribution in [2.75, 3.05) is 26.5 Å². The Bertz CT molecular complexity index is 1520. The third kappa shape index (κ3) is 11.0. The summed E-state index contributed by atoms with van der Waals surface area (Å²) in [7, 11) is 0. The first-order chi connectivity index (χ1) is 24.9. The molecule has 0 radical (unpaired) electrons. The molecule has 1 N–H and O–H groups in total. The zero-order valence-corrected chi connectivity index (χ0v) is 30.3. The van der Waals surface area contributed by atoms with Gasteiger partial charge in [-0.2, -0.15) is 0 Å². The second-order valence-corrected chi connectivity index (χ2v) is 14.7. The van der Waals surface area contributed by atoms with Gasteiger partial charge in [-0.15, -0.1) is 0 Å². The molecule has 2 aromatic rings. The summed E-state index contributed by atoms with van der Waals surface area (Å²) in [4.78, 5) is 23.8. The van der Waals surface area contributed by atoms with Gasteiger partial charge in [0, 0.05) is 16.7 Å². The number of aliphatic hydroxyl groups excluding tert-OH is 1. The molecule has 286 valence electrons. The number of aliphatic hydroxyl groups is 1. The summed E-state index contributed by atoms with van der Waals surface area (Å²) in [6, 6.07) is 4.91. The lowest BCUT2D eigenvalue weighted by molar-refractivity contribution is -0.141. The van der Waals surface area contributed by atoms with Crippen LogP contribution in [0.25, 0.3) is 11.1 Å². The van der Waals surface area contributed by atoms with Crippen molar-refractivity contribution >= 4 is 11.9 Å². The molecule has 2 aliphatic rings.